The van der Waals surface area contributed by atoms with Gasteiger partial charge in [-0.1, -0.05) is 6.07 Å². The molecule has 0 fully saturated rings. The third-order valence-corrected chi connectivity index (χ3v) is 5.20. The number of benzene rings is 1. The number of nitrogens with zero attached hydrogens (tertiary/aromatic N) is 5. The Morgan fingerprint density at radius 2 is 1.58 bits per heavy atom. The number of halogens is 2. The maximum Gasteiger partial charge on any atom is 0.173 e. The van der Waals surface area contributed by atoms with Crippen molar-refractivity contribution in [2.24, 2.45) is 0 Å². The highest BCUT2D eigenvalue weighted by molar-refractivity contribution is 5.81. The van der Waals surface area contributed by atoms with Crippen LogP contribution in [0.5, 0.6) is 0 Å². The van der Waals surface area contributed by atoms with E-state index in [-0.39, 0.29) is 18.1 Å². The highest BCUT2D eigenvalue weighted by Crippen LogP contribution is 2.28. The summed E-state index contributed by atoms with van der Waals surface area (Å²) in [6.45, 7) is 2.00. The molecule has 0 saturated heterocycles. The molecule has 1 aromatic carbocycles. The Hall–Kier alpha value is -4.33. The topological polar surface area (TPSA) is 76.5 Å². The summed E-state index contributed by atoms with van der Waals surface area (Å²) in [5.74, 6) is -0.890. The monoisotopic (exact) mass is 440 g/mol. The van der Waals surface area contributed by atoms with Crippen LogP contribution in [0, 0.1) is 18.6 Å². The molecule has 4 aromatic heterocycles. The first-order valence-corrected chi connectivity index (χ1v) is 10.3. The molecule has 0 aliphatic heterocycles. The molecule has 0 atom stereocenters. The Bertz CT molecular complexity index is 1470. The minimum atomic E-state index is -0.502. The number of pyridine rings is 3. The second kappa shape index (κ2) is 8.66. The minimum Gasteiger partial charge on any atom is -0.363 e. The lowest BCUT2D eigenvalue weighted by Crippen LogP contribution is -2.06. The van der Waals surface area contributed by atoms with E-state index in [0.717, 1.165) is 11.2 Å². The van der Waals surface area contributed by atoms with Gasteiger partial charge in [0, 0.05) is 54.3 Å². The number of hydrogen-bond acceptors (Lipinski definition) is 6. The summed E-state index contributed by atoms with van der Waals surface area (Å²) in [5, 5.41) is 2.94. The first-order chi connectivity index (χ1) is 16.1. The van der Waals surface area contributed by atoms with Crippen LogP contribution in [0.4, 0.5) is 14.6 Å². The van der Waals surface area contributed by atoms with Gasteiger partial charge in [0.1, 0.15) is 11.5 Å². The molecular weight excluding hydrogens is 422 g/mol. The van der Waals surface area contributed by atoms with Crippen LogP contribution in [0.3, 0.4) is 0 Å². The van der Waals surface area contributed by atoms with Gasteiger partial charge in [0.2, 0.25) is 0 Å². The Kier molecular flexibility index (Phi) is 5.40. The SMILES string of the molecule is Cc1cc(-c2ncc(CNc3nccc(-c4ccc5nccnc5c4)c3F)cc2F)ccn1. The lowest BCUT2D eigenvalue weighted by molar-refractivity contribution is 0.622. The van der Waals surface area contributed by atoms with Crippen LogP contribution < -0.4 is 5.32 Å². The van der Waals surface area contributed by atoms with Gasteiger partial charge in [-0.25, -0.2) is 13.8 Å². The second-order valence-electron chi connectivity index (χ2n) is 7.49. The predicted molar refractivity (Wildman–Crippen MR) is 122 cm³/mol. The molecule has 0 bridgehead atoms. The number of nitrogens with one attached hydrogen (secondary N) is 1. The quantitative estimate of drug-likeness (QED) is 0.397. The van der Waals surface area contributed by atoms with Gasteiger partial charge in [0.15, 0.2) is 11.6 Å². The summed E-state index contributed by atoms with van der Waals surface area (Å²) in [6.07, 6.45) is 7.90. The van der Waals surface area contributed by atoms with Crippen molar-refractivity contribution >= 4 is 16.9 Å². The van der Waals surface area contributed by atoms with E-state index in [2.05, 4.69) is 30.2 Å². The lowest BCUT2D eigenvalue weighted by atomic mass is 10.1. The molecule has 8 heteroatoms. The third kappa shape index (κ3) is 4.23. The summed E-state index contributed by atoms with van der Waals surface area (Å²) in [5.41, 5.74) is 4.69. The van der Waals surface area contributed by atoms with Gasteiger partial charge in [-0.05, 0) is 54.4 Å². The molecule has 6 nitrogen and oxygen atoms in total. The summed E-state index contributed by atoms with van der Waals surface area (Å²) in [4.78, 5) is 21.0. The van der Waals surface area contributed by atoms with Crippen molar-refractivity contribution in [3.8, 4) is 22.4 Å². The average molecular weight is 440 g/mol. The van der Waals surface area contributed by atoms with Gasteiger partial charge in [0.05, 0.1) is 11.0 Å². The van der Waals surface area contributed by atoms with Crippen molar-refractivity contribution in [2.75, 3.05) is 5.32 Å². The number of aryl methyl sites for hydroxylation is 1. The Morgan fingerprint density at radius 3 is 2.39 bits per heavy atom. The maximum absolute atomic E-state index is 15.2. The van der Waals surface area contributed by atoms with Crippen LogP contribution in [0.15, 0.2) is 73.4 Å². The van der Waals surface area contributed by atoms with E-state index in [0.29, 0.717) is 27.8 Å². The fourth-order valence-corrected chi connectivity index (χ4v) is 3.59. The first kappa shape index (κ1) is 20.6. The Morgan fingerprint density at radius 1 is 0.758 bits per heavy atom. The standard InChI is InChI=1S/C25H18F2N6/c1-15-10-18(4-6-28-15)24-20(26)11-16(13-32-24)14-33-25-23(27)19(5-7-31-25)17-2-3-21-22(12-17)30-9-8-29-21/h2-13H,14H2,1H3,(H,31,33). The van der Waals surface area contributed by atoms with Gasteiger partial charge in [-0.2, -0.15) is 0 Å². The summed E-state index contributed by atoms with van der Waals surface area (Å²) < 4.78 is 29.9. The molecule has 1 N–H and O–H groups in total. The highest BCUT2D eigenvalue weighted by Gasteiger charge is 2.13. The van der Waals surface area contributed by atoms with Crippen LogP contribution in [0.2, 0.25) is 0 Å². The predicted octanol–water partition coefficient (Wildman–Crippen LogP) is 5.35. The molecule has 33 heavy (non-hydrogen) atoms. The smallest absolute Gasteiger partial charge is 0.173 e. The first-order valence-electron chi connectivity index (χ1n) is 10.3. The lowest BCUT2D eigenvalue weighted by Gasteiger charge is -2.11. The number of fused-ring (bicyclic) bond motifs is 1. The normalized spacial score (nSPS) is 11.0. The zero-order valence-corrected chi connectivity index (χ0v) is 17.6. The zero-order valence-electron chi connectivity index (χ0n) is 17.6. The summed E-state index contributed by atoms with van der Waals surface area (Å²) in [7, 11) is 0. The van der Waals surface area contributed by atoms with E-state index in [1.54, 1.807) is 61.2 Å². The van der Waals surface area contributed by atoms with E-state index in [1.165, 1.54) is 12.3 Å². The van der Waals surface area contributed by atoms with Crippen molar-refractivity contribution in [3.05, 3.63) is 96.3 Å². The van der Waals surface area contributed by atoms with E-state index in [9.17, 15) is 4.39 Å². The fraction of sp³-hybridized carbons (Fsp3) is 0.0800. The minimum absolute atomic E-state index is 0.0704. The molecule has 0 radical (unpaired) electrons. The highest BCUT2D eigenvalue weighted by atomic mass is 19.1. The molecule has 0 saturated carbocycles. The van der Waals surface area contributed by atoms with E-state index in [1.807, 2.05) is 6.92 Å². The molecule has 0 aliphatic carbocycles. The summed E-state index contributed by atoms with van der Waals surface area (Å²) in [6, 6.07) is 11.8. The van der Waals surface area contributed by atoms with Crippen LogP contribution in [-0.4, -0.2) is 24.9 Å². The van der Waals surface area contributed by atoms with Crippen LogP contribution in [0.25, 0.3) is 33.4 Å². The van der Waals surface area contributed by atoms with Gasteiger partial charge < -0.3 is 5.32 Å². The van der Waals surface area contributed by atoms with Crippen molar-refractivity contribution in [1.82, 2.24) is 24.9 Å². The largest absolute Gasteiger partial charge is 0.363 e. The van der Waals surface area contributed by atoms with E-state index < -0.39 is 11.6 Å². The summed E-state index contributed by atoms with van der Waals surface area (Å²) >= 11 is 0. The van der Waals surface area contributed by atoms with Crippen LogP contribution in [0.1, 0.15) is 11.3 Å². The number of rotatable bonds is 5. The number of hydrogen-bond donors (Lipinski definition) is 1. The molecule has 0 amide bonds. The molecule has 5 rings (SSSR count). The van der Waals surface area contributed by atoms with Crippen molar-refractivity contribution in [2.45, 2.75) is 13.5 Å². The second-order valence-corrected chi connectivity index (χ2v) is 7.49. The molecule has 5 aromatic rings. The van der Waals surface area contributed by atoms with Crippen molar-refractivity contribution < 1.29 is 8.78 Å². The van der Waals surface area contributed by atoms with Gasteiger partial charge in [-0.15, -0.1) is 0 Å². The van der Waals surface area contributed by atoms with Crippen molar-refractivity contribution in [1.29, 1.82) is 0 Å². The molecular formula is C25H18F2N6. The molecule has 0 aliphatic rings. The Balaban J connectivity index is 1.37. The molecule has 0 unspecified atom stereocenters. The van der Waals surface area contributed by atoms with Crippen LogP contribution >= 0.6 is 0 Å². The average Bonchev–Trinajstić information content (AvgIpc) is 2.83. The van der Waals surface area contributed by atoms with Crippen molar-refractivity contribution in [3.63, 3.8) is 0 Å². The number of aromatic nitrogens is 5. The third-order valence-electron chi connectivity index (χ3n) is 5.20. The number of anilines is 1. The zero-order chi connectivity index (χ0) is 22.8. The van der Waals surface area contributed by atoms with E-state index in [4.69, 9.17) is 0 Å². The fourth-order valence-electron chi connectivity index (χ4n) is 3.59. The van der Waals surface area contributed by atoms with E-state index >= 15 is 4.39 Å². The maximum atomic E-state index is 15.2. The van der Waals surface area contributed by atoms with Gasteiger partial charge >= 0.3 is 0 Å². The van der Waals surface area contributed by atoms with Crippen LogP contribution in [-0.2, 0) is 6.54 Å². The molecule has 162 valence electrons. The Labute approximate surface area is 188 Å². The van der Waals surface area contributed by atoms with Gasteiger partial charge in [0.25, 0.3) is 0 Å². The van der Waals surface area contributed by atoms with Gasteiger partial charge in [-0.3, -0.25) is 19.9 Å². The molecule has 4 heterocycles. The molecule has 0 spiro atoms.